The minimum absolute atomic E-state index is 0.0715. The summed E-state index contributed by atoms with van der Waals surface area (Å²) in [5.41, 5.74) is 1.23. The van der Waals surface area contributed by atoms with Crippen molar-refractivity contribution in [3.05, 3.63) is 23.9 Å². The van der Waals surface area contributed by atoms with E-state index in [-0.39, 0.29) is 17.2 Å². The molecular formula is C15H20N4O5. The molecule has 1 rings (SSSR count). The molecule has 1 aromatic rings. The SMILES string of the molecule is CCON=C(C)C(C)=NOc1ncccc1C(=NOC)C(=O)OC. The van der Waals surface area contributed by atoms with Crippen LogP contribution in [0.5, 0.6) is 5.88 Å². The number of nitrogens with zero attached hydrogens (tertiary/aromatic N) is 4. The van der Waals surface area contributed by atoms with Gasteiger partial charge in [0.15, 0.2) is 5.71 Å². The molecule has 1 heterocycles. The molecule has 0 atom stereocenters. The van der Waals surface area contributed by atoms with Crippen molar-refractivity contribution in [1.29, 1.82) is 0 Å². The van der Waals surface area contributed by atoms with Gasteiger partial charge in [-0.2, -0.15) is 0 Å². The third-order valence-electron chi connectivity index (χ3n) is 2.71. The summed E-state index contributed by atoms with van der Waals surface area (Å²) >= 11 is 0. The Morgan fingerprint density at radius 1 is 1.17 bits per heavy atom. The van der Waals surface area contributed by atoms with Crippen molar-refractivity contribution in [2.45, 2.75) is 20.8 Å². The molecule has 0 aromatic carbocycles. The lowest BCUT2D eigenvalue weighted by Gasteiger charge is -2.07. The van der Waals surface area contributed by atoms with Crippen LogP contribution >= 0.6 is 0 Å². The second-order valence-electron chi connectivity index (χ2n) is 4.33. The number of rotatable bonds is 8. The van der Waals surface area contributed by atoms with Gasteiger partial charge in [0.05, 0.1) is 12.7 Å². The summed E-state index contributed by atoms with van der Waals surface area (Å²) in [7, 11) is 2.55. The van der Waals surface area contributed by atoms with Crippen molar-refractivity contribution in [2.24, 2.45) is 15.5 Å². The number of carbonyl (C=O) groups excluding carboxylic acids is 1. The number of carbonyl (C=O) groups is 1. The number of aromatic nitrogens is 1. The topological polar surface area (TPSA) is 104 Å². The van der Waals surface area contributed by atoms with Crippen molar-refractivity contribution in [2.75, 3.05) is 20.8 Å². The molecule has 0 radical (unpaired) electrons. The zero-order chi connectivity index (χ0) is 17.9. The third kappa shape index (κ3) is 5.34. The second-order valence-corrected chi connectivity index (χ2v) is 4.33. The molecule has 9 nitrogen and oxygen atoms in total. The molecule has 0 fully saturated rings. The molecule has 0 aliphatic heterocycles. The van der Waals surface area contributed by atoms with E-state index in [1.54, 1.807) is 26.0 Å². The van der Waals surface area contributed by atoms with Gasteiger partial charge in [-0.3, -0.25) is 0 Å². The summed E-state index contributed by atoms with van der Waals surface area (Å²) in [6.45, 7) is 5.70. The van der Waals surface area contributed by atoms with Crippen molar-refractivity contribution < 1.29 is 24.0 Å². The molecule has 0 bridgehead atoms. The van der Waals surface area contributed by atoms with E-state index in [1.807, 2.05) is 6.92 Å². The quantitative estimate of drug-likeness (QED) is 0.407. The maximum absolute atomic E-state index is 11.8. The van der Waals surface area contributed by atoms with Crippen LogP contribution in [0.3, 0.4) is 0 Å². The number of hydrogen-bond donors (Lipinski definition) is 0. The number of ether oxygens (including phenoxy) is 1. The molecule has 0 N–H and O–H groups in total. The number of hydrogen-bond acceptors (Lipinski definition) is 9. The summed E-state index contributed by atoms with van der Waals surface area (Å²) in [6, 6.07) is 3.21. The summed E-state index contributed by atoms with van der Waals surface area (Å²) in [6.07, 6.45) is 1.49. The normalized spacial score (nSPS) is 12.6. The first-order valence-corrected chi connectivity index (χ1v) is 7.08. The van der Waals surface area contributed by atoms with E-state index < -0.39 is 5.97 Å². The molecule has 1 aromatic heterocycles. The predicted molar refractivity (Wildman–Crippen MR) is 88.3 cm³/mol. The smallest absolute Gasteiger partial charge is 0.360 e. The molecule has 0 saturated carbocycles. The van der Waals surface area contributed by atoms with Crippen molar-refractivity contribution in [3.63, 3.8) is 0 Å². The Kier molecular flexibility index (Phi) is 7.89. The van der Waals surface area contributed by atoms with E-state index in [0.29, 0.717) is 18.0 Å². The monoisotopic (exact) mass is 336 g/mol. The Bertz CT molecular complexity index is 655. The van der Waals surface area contributed by atoms with E-state index in [2.05, 4.69) is 30.0 Å². The Morgan fingerprint density at radius 3 is 2.50 bits per heavy atom. The van der Waals surface area contributed by atoms with Crippen molar-refractivity contribution in [3.8, 4) is 5.88 Å². The minimum Gasteiger partial charge on any atom is -0.464 e. The number of pyridine rings is 1. The summed E-state index contributed by atoms with van der Waals surface area (Å²) < 4.78 is 4.68. The van der Waals surface area contributed by atoms with E-state index in [1.165, 1.54) is 20.4 Å². The molecule has 9 heteroatoms. The lowest BCUT2D eigenvalue weighted by Crippen LogP contribution is -2.19. The van der Waals surface area contributed by atoms with E-state index >= 15 is 0 Å². The molecule has 0 aliphatic carbocycles. The fourth-order valence-electron chi connectivity index (χ4n) is 1.43. The van der Waals surface area contributed by atoms with Crippen LogP contribution in [0, 0.1) is 0 Å². The third-order valence-corrected chi connectivity index (χ3v) is 2.71. The molecule has 0 unspecified atom stereocenters. The highest BCUT2D eigenvalue weighted by atomic mass is 16.6. The minimum atomic E-state index is -0.690. The number of oxime groups is 3. The van der Waals surface area contributed by atoms with E-state index in [9.17, 15) is 4.79 Å². The highest BCUT2D eigenvalue weighted by molar-refractivity contribution is 6.43. The van der Waals surface area contributed by atoms with Gasteiger partial charge in [0.25, 0.3) is 5.88 Å². The molecular weight excluding hydrogens is 316 g/mol. The fourth-order valence-corrected chi connectivity index (χ4v) is 1.43. The molecule has 0 aliphatic rings. The van der Waals surface area contributed by atoms with E-state index in [4.69, 9.17) is 9.68 Å². The van der Waals surface area contributed by atoms with E-state index in [0.717, 1.165) is 0 Å². The van der Waals surface area contributed by atoms with Crippen LogP contribution in [0.15, 0.2) is 33.8 Å². The van der Waals surface area contributed by atoms with Crippen LogP contribution in [0.1, 0.15) is 26.3 Å². The first-order chi connectivity index (χ1) is 11.5. The van der Waals surface area contributed by atoms with Gasteiger partial charge in [-0.05, 0) is 32.9 Å². The van der Waals surface area contributed by atoms with Gasteiger partial charge in [-0.15, -0.1) is 0 Å². The Labute approximate surface area is 139 Å². The first-order valence-electron chi connectivity index (χ1n) is 7.08. The average molecular weight is 336 g/mol. The van der Waals surface area contributed by atoms with Gasteiger partial charge in [0.2, 0.25) is 0 Å². The standard InChI is InChI=1S/C15H20N4O5/c1-6-23-17-10(2)11(3)18-24-14-12(8-7-9-16-14)13(19-22-5)15(20)21-4/h7-9H,6H2,1-5H3. The highest BCUT2D eigenvalue weighted by Crippen LogP contribution is 2.17. The summed E-state index contributed by atoms with van der Waals surface area (Å²) in [4.78, 5) is 30.8. The van der Waals surface area contributed by atoms with Gasteiger partial charge in [0, 0.05) is 6.20 Å². The highest BCUT2D eigenvalue weighted by Gasteiger charge is 2.21. The maximum atomic E-state index is 11.8. The average Bonchev–Trinajstić information content (AvgIpc) is 2.61. The van der Waals surface area contributed by atoms with Crippen LogP contribution in [0.25, 0.3) is 0 Å². The van der Waals surface area contributed by atoms with Crippen LogP contribution in [-0.2, 0) is 19.2 Å². The zero-order valence-corrected chi connectivity index (χ0v) is 14.3. The van der Waals surface area contributed by atoms with Gasteiger partial charge >= 0.3 is 5.97 Å². The summed E-state index contributed by atoms with van der Waals surface area (Å²) in [5, 5.41) is 11.4. The second kappa shape index (κ2) is 9.93. The van der Waals surface area contributed by atoms with Gasteiger partial charge in [-0.25, -0.2) is 9.78 Å². The van der Waals surface area contributed by atoms with Gasteiger partial charge in [0.1, 0.15) is 25.1 Å². The number of methoxy groups -OCH3 is 1. The molecule has 0 spiro atoms. The Morgan fingerprint density at radius 2 is 1.88 bits per heavy atom. The Hall–Kier alpha value is -2.97. The zero-order valence-electron chi connectivity index (χ0n) is 14.3. The van der Waals surface area contributed by atoms with Crippen LogP contribution in [0.2, 0.25) is 0 Å². The predicted octanol–water partition coefficient (Wildman–Crippen LogP) is 1.77. The van der Waals surface area contributed by atoms with Crippen molar-refractivity contribution in [1.82, 2.24) is 4.98 Å². The van der Waals surface area contributed by atoms with Crippen LogP contribution in [-0.4, -0.2) is 48.9 Å². The molecule has 130 valence electrons. The Balaban J connectivity index is 3.10. The number of esters is 1. The van der Waals surface area contributed by atoms with Crippen molar-refractivity contribution >= 4 is 23.1 Å². The molecule has 24 heavy (non-hydrogen) atoms. The molecule has 0 amide bonds. The van der Waals surface area contributed by atoms with Crippen LogP contribution < -0.4 is 4.84 Å². The lowest BCUT2D eigenvalue weighted by molar-refractivity contribution is -0.132. The summed E-state index contributed by atoms with van der Waals surface area (Å²) in [5.74, 6) is -0.619. The lowest BCUT2D eigenvalue weighted by atomic mass is 10.1. The fraction of sp³-hybridized carbons (Fsp3) is 0.400. The van der Waals surface area contributed by atoms with Gasteiger partial charge < -0.3 is 19.2 Å². The van der Waals surface area contributed by atoms with Gasteiger partial charge in [-0.1, -0.05) is 15.5 Å². The molecule has 0 saturated heterocycles. The van der Waals surface area contributed by atoms with Crippen LogP contribution in [0.4, 0.5) is 0 Å². The first kappa shape index (κ1) is 19.1. The maximum Gasteiger partial charge on any atom is 0.360 e. The largest absolute Gasteiger partial charge is 0.464 e.